The fourth-order valence-corrected chi connectivity index (χ4v) is 1.17. The number of rotatable bonds is 0. The molecule has 0 amide bonds. The number of nitrogens with zero attached hydrogens (tertiary/aromatic N) is 2. The molecule has 0 bridgehead atoms. The van der Waals surface area contributed by atoms with Crippen molar-refractivity contribution in [3.63, 3.8) is 0 Å². The highest BCUT2D eigenvalue weighted by molar-refractivity contribution is 5.53. The van der Waals surface area contributed by atoms with E-state index in [1.54, 1.807) is 0 Å². The lowest BCUT2D eigenvalue weighted by Gasteiger charge is -1.96. The van der Waals surface area contributed by atoms with E-state index in [-0.39, 0.29) is 0 Å². The highest BCUT2D eigenvalue weighted by atomic mass is 15.1. The Morgan fingerprint density at radius 3 is 3.10 bits per heavy atom. The van der Waals surface area contributed by atoms with E-state index in [2.05, 4.69) is 29.3 Å². The molecule has 0 fully saturated rings. The molecule has 1 heterocycles. The van der Waals surface area contributed by atoms with Crippen LogP contribution in [0.4, 0.5) is 5.69 Å². The Kier molecular flexibility index (Phi) is 1.07. The standard InChI is InChI=1S/C8H8N2/c1-6-3-2-4-7-5-9-10-8(6)7/h2-4H,5H2,1H3. The van der Waals surface area contributed by atoms with Crippen LogP contribution in [0.25, 0.3) is 0 Å². The Bertz CT molecular complexity index is 289. The number of hydrogen-bond donors (Lipinski definition) is 0. The van der Waals surface area contributed by atoms with E-state index in [0.717, 1.165) is 12.2 Å². The van der Waals surface area contributed by atoms with Crippen LogP contribution >= 0.6 is 0 Å². The van der Waals surface area contributed by atoms with Gasteiger partial charge in [-0.15, -0.1) is 0 Å². The van der Waals surface area contributed by atoms with Gasteiger partial charge in [0.05, 0.1) is 12.2 Å². The number of azo groups is 1. The van der Waals surface area contributed by atoms with Gasteiger partial charge in [-0.3, -0.25) is 0 Å². The zero-order valence-corrected chi connectivity index (χ0v) is 5.83. The number of aryl methyl sites for hydroxylation is 1. The van der Waals surface area contributed by atoms with Crippen LogP contribution in [0.2, 0.25) is 0 Å². The van der Waals surface area contributed by atoms with Gasteiger partial charge < -0.3 is 0 Å². The van der Waals surface area contributed by atoms with Crippen molar-refractivity contribution in [1.29, 1.82) is 0 Å². The van der Waals surface area contributed by atoms with Gasteiger partial charge in [-0.2, -0.15) is 10.2 Å². The second kappa shape index (κ2) is 1.90. The van der Waals surface area contributed by atoms with E-state index in [9.17, 15) is 0 Å². The van der Waals surface area contributed by atoms with Crippen LogP contribution in [0.3, 0.4) is 0 Å². The first kappa shape index (κ1) is 5.59. The minimum Gasteiger partial charge on any atom is -0.184 e. The first-order chi connectivity index (χ1) is 4.88. The van der Waals surface area contributed by atoms with Crippen molar-refractivity contribution in [3.05, 3.63) is 29.3 Å². The van der Waals surface area contributed by atoms with Crippen LogP contribution in [0, 0.1) is 6.92 Å². The molecule has 0 saturated heterocycles. The van der Waals surface area contributed by atoms with Crippen LogP contribution in [-0.2, 0) is 6.54 Å². The minimum atomic E-state index is 0.761. The van der Waals surface area contributed by atoms with Gasteiger partial charge in [0.1, 0.15) is 0 Å². The molecule has 2 nitrogen and oxygen atoms in total. The molecular weight excluding hydrogens is 124 g/mol. The summed E-state index contributed by atoms with van der Waals surface area (Å²) < 4.78 is 0. The van der Waals surface area contributed by atoms with Gasteiger partial charge >= 0.3 is 0 Å². The molecule has 1 aromatic carbocycles. The summed E-state index contributed by atoms with van der Waals surface area (Å²) in [5.74, 6) is 0. The Hall–Kier alpha value is -1.18. The monoisotopic (exact) mass is 132 g/mol. The van der Waals surface area contributed by atoms with E-state index in [4.69, 9.17) is 0 Å². The smallest absolute Gasteiger partial charge is 0.0933 e. The third-order valence-electron chi connectivity index (χ3n) is 1.73. The molecule has 1 aliphatic rings. The molecule has 1 aliphatic heterocycles. The lowest BCUT2D eigenvalue weighted by Crippen LogP contribution is -1.77. The van der Waals surface area contributed by atoms with Crippen molar-refractivity contribution >= 4 is 5.69 Å². The second-order valence-corrected chi connectivity index (χ2v) is 2.48. The third-order valence-corrected chi connectivity index (χ3v) is 1.73. The van der Waals surface area contributed by atoms with Crippen molar-refractivity contribution in [1.82, 2.24) is 0 Å². The molecule has 0 N–H and O–H groups in total. The van der Waals surface area contributed by atoms with Gasteiger partial charge in [0.25, 0.3) is 0 Å². The van der Waals surface area contributed by atoms with Crippen molar-refractivity contribution in [2.24, 2.45) is 10.2 Å². The summed E-state index contributed by atoms with van der Waals surface area (Å²) >= 11 is 0. The fourth-order valence-electron chi connectivity index (χ4n) is 1.17. The summed E-state index contributed by atoms with van der Waals surface area (Å²) in [7, 11) is 0. The maximum Gasteiger partial charge on any atom is 0.0933 e. The lowest BCUT2D eigenvalue weighted by molar-refractivity contribution is 1.04. The molecule has 50 valence electrons. The molecule has 2 rings (SSSR count). The molecule has 2 heteroatoms. The maximum absolute atomic E-state index is 4.02. The van der Waals surface area contributed by atoms with Crippen LogP contribution in [-0.4, -0.2) is 0 Å². The van der Waals surface area contributed by atoms with Crippen molar-refractivity contribution in [2.75, 3.05) is 0 Å². The highest BCUT2D eigenvalue weighted by Gasteiger charge is 2.07. The first-order valence-corrected chi connectivity index (χ1v) is 3.34. The van der Waals surface area contributed by atoms with Gasteiger partial charge in [0, 0.05) is 5.56 Å². The van der Waals surface area contributed by atoms with Crippen molar-refractivity contribution < 1.29 is 0 Å². The largest absolute Gasteiger partial charge is 0.184 e. The Balaban J connectivity index is 2.67. The van der Waals surface area contributed by atoms with E-state index in [1.165, 1.54) is 11.1 Å². The van der Waals surface area contributed by atoms with E-state index in [0.29, 0.717) is 0 Å². The van der Waals surface area contributed by atoms with Gasteiger partial charge in [-0.25, -0.2) is 0 Å². The first-order valence-electron chi connectivity index (χ1n) is 3.34. The van der Waals surface area contributed by atoms with Gasteiger partial charge in [-0.1, -0.05) is 18.2 Å². The molecule has 0 saturated carbocycles. The lowest BCUT2D eigenvalue weighted by atomic mass is 10.1. The summed E-state index contributed by atoms with van der Waals surface area (Å²) in [6, 6.07) is 6.18. The Morgan fingerprint density at radius 1 is 1.40 bits per heavy atom. The molecule has 0 atom stereocenters. The van der Waals surface area contributed by atoms with E-state index in [1.807, 2.05) is 6.07 Å². The highest BCUT2D eigenvalue weighted by Crippen LogP contribution is 2.29. The molecule has 0 aliphatic carbocycles. The molecule has 0 spiro atoms. The molecule has 0 unspecified atom stereocenters. The summed E-state index contributed by atoms with van der Waals surface area (Å²) in [5.41, 5.74) is 3.54. The molecular formula is C8H8N2. The van der Waals surface area contributed by atoms with Gasteiger partial charge in [0.15, 0.2) is 0 Å². The van der Waals surface area contributed by atoms with Crippen LogP contribution < -0.4 is 0 Å². The van der Waals surface area contributed by atoms with Crippen molar-refractivity contribution in [2.45, 2.75) is 13.5 Å². The fraction of sp³-hybridized carbons (Fsp3) is 0.250. The summed E-state index contributed by atoms with van der Waals surface area (Å²) in [6.45, 7) is 2.82. The van der Waals surface area contributed by atoms with Gasteiger partial charge in [-0.05, 0) is 12.5 Å². The average Bonchev–Trinajstić information content (AvgIpc) is 2.36. The van der Waals surface area contributed by atoms with E-state index < -0.39 is 0 Å². The van der Waals surface area contributed by atoms with Gasteiger partial charge in [0.2, 0.25) is 0 Å². The number of hydrogen-bond acceptors (Lipinski definition) is 2. The summed E-state index contributed by atoms with van der Waals surface area (Å²) in [6.07, 6.45) is 0. The molecule has 1 aromatic rings. The topological polar surface area (TPSA) is 24.7 Å². The zero-order valence-electron chi connectivity index (χ0n) is 5.83. The number of fused-ring (bicyclic) bond motifs is 1. The number of benzene rings is 1. The molecule has 10 heavy (non-hydrogen) atoms. The summed E-state index contributed by atoms with van der Waals surface area (Å²) in [5, 5.41) is 7.96. The minimum absolute atomic E-state index is 0.761. The zero-order chi connectivity index (χ0) is 6.97. The second-order valence-electron chi connectivity index (χ2n) is 2.48. The Labute approximate surface area is 59.6 Å². The third kappa shape index (κ3) is 0.652. The molecule has 0 radical (unpaired) electrons. The predicted molar refractivity (Wildman–Crippen MR) is 39.4 cm³/mol. The van der Waals surface area contributed by atoms with Crippen molar-refractivity contribution in [3.8, 4) is 0 Å². The predicted octanol–water partition coefficient (Wildman–Crippen LogP) is 2.59. The summed E-state index contributed by atoms with van der Waals surface area (Å²) in [4.78, 5) is 0. The normalized spacial score (nSPS) is 13.7. The van der Waals surface area contributed by atoms with Crippen LogP contribution in [0.1, 0.15) is 11.1 Å². The van der Waals surface area contributed by atoms with E-state index >= 15 is 0 Å². The Morgan fingerprint density at radius 2 is 2.30 bits per heavy atom. The van der Waals surface area contributed by atoms with Crippen LogP contribution in [0.15, 0.2) is 28.4 Å². The SMILES string of the molecule is Cc1cccc2c1N=NC2. The average molecular weight is 132 g/mol. The quantitative estimate of drug-likeness (QED) is 0.518. The maximum atomic E-state index is 4.02. The van der Waals surface area contributed by atoms with Crippen LogP contribution in [0.5, 0.6) is 0 Å². The molecule has 0 aromatic heterocycles.